The summed E-state index contributed by atoms with van der Waals surface area (Å²) in [4.78, 5) is 0. The molecule has 0 aliphatic rings. The quantitative estimate of drug-likeness (QED) is 0.813. The Morgan fingerprint density at radius 3 is 2.56 bits per heavy atom. The summed E-state index contributed by atoms with van der Waals surface area (Å²) in [7, 11) is 1.61. The summed E-state index contributed by atoms with van der Waals surface area (Å²) >= 11 is 0. The van der Waals surface area contributed by atoms with E-state index in [1.54, 1.807) is 14.0 Å². The van der Waals surface area contributed by atoms with E-state index in [2.05, 4.69) is 18.9 Å². The van der Waals surface area contributed by atoms with Gasteiger partial charge in [0.25, 0.3) is 0 Å². The van der Waals surface area contributed by atoms with E-state index in [1.807, 2.05) is 23.9 Å². The smallest absolute Gasteiger partial charge is 0.0933 e. The van der Waals surface area contributed by atoms with Crippen molar-refractivity contribution in [1.82, 2.24) is 9.78 Å². The number of hydrogen-bond acceptors (Lipinski definition) is 3. The van der Waals surface area contributed by atoms with Crippen LogP contribution in [0.5, 0.6) is 0 Å². The first-order valence-corrected chi connectivity index (χ1v) is 6.73. The highest BCUT2D eigenvalue weighted by Crippen LogP contribution is 2.20. The first-order valence-electron chi connectivity index (χ1n) is 6.73. The number of rotatable bonds is 7. The van der Waals surface area contributed by atoms with Gasteiger partial charge in [0.1, 0.15) is 0 Å². The second-order valence-electron chi connectivity index (χ2n) is 5.17. The summed E-state index contributed by atoms with van der Waals surface area (Å²) in [6.07, 6.45) is 4.44. The molecule has 0 aliphatic heterocycles. The number of ether oxygens (including phenoxy) is 1. The number of hydrogen-bond donors (Lipinski definition) is 1. The molecule has 1 rings (SSSR count). The molecular weight excluding hydrogens is 228 g/mol. The molecule has 104 valence electrons. The van der Waals surface area contributed by atoms with E-state index in [9.17, 15) is 5.11 Å². The Kier molecular flexibility index (Phi) is 5.35. The van der Waals surface area contributed by atoms with Crippen LogP contribution in [0, 0.1) is 0 Å². The lowest BCUT2D eigenvalue weighted by Gasteiger charge is -2.28. The summed E-state index contributed by atoms with van der Waals surface area (Å²) in [6, 6.07) is 2.43. The average molecular weight is 254 g/mol. The third-order valence-electron chi connectivity index (χ3n) is 3.75. The molecule has 0 saturated heterocycles. The van der Waals surface area contributed by atoms with Gasteiger partial charge in [-0.05, 0) is 32.8 Å². The van der Waals surface area contributed by atoms with Crippen LogP contribution in [-0.2, 0) is 11.2 Å². The summed E-state index contributed by atoms with van der Waals surface area (Å²) in [5, 5.41) is 14.9. The van der Waals surface area contributed by atoms with Gasteiger partial charge in [-0.15, -0.1) is 0 Å². The molecule has 1 N–H and O–H groups in total. The fourth-order valence-corrected chi connectivity index (χ4v) is 2.10. The van der Waals surface area contributed by atoms with E-state index in [-0.39, 0.29) is 6.10 Å². The van der Waals surface area contributed by atoms with E-state index in [1.165, 1.54) is 0 Å². The molecule has 18 heavy (non-hydrogen) atoms. The normalized spacial score (nSPS) is 16.8. The minimum atomic E-state index is -0.887. The molecule has 1 heterocycles. The number of nitrogens with zero attached hydrogens (tertiary/aromatic N) is 2. The molecule has 2 unspecified atom stereocenters. The van der Waals surface area contributed by atoms with Gasteiger partial charge in [0, 0.05) is 19.7 Å². The van der Waals surface area contributed by atoms with Crippen LogP contribution in [0.4, 0.5) is 0 Å². The molecule has 1 aromatic heterocycles. The highest BCUT2D eigenvalue weighted by atomic mass is 16.5. The van der Waals surface area contributed by atoms with Crippen LogP contribution in [0.1, 0.15) is 52.3 Å². The predicted molar refractivity (Wildman–Crippen MR) is 72.6 cm³/mol. The molecule has 2 atom stereocenters. The zero-order chi connectivity index (χ0) is 13.8. The Balaban J connectivity index is 2.75. The van der Waals surface area contributed by atoms with Crippen LogP contribution in [-0.4, -0.2) is 33.7 Å². The SMILES string of the molecule is CCC(CC)n1ccc(CC(C)(O)C(C)OC)n1. The van der Waals surface area contributed by atoms with Crippen LogP contribution in [0.15, 0.2) is 12.3 Å². The van der Waals surface area contributed by atoms with Gasteiger partial charge in [0.15, 0.2) is 0 Å². The molecule has 1 aromatic rings. The topological polar surface area (TPSA) is 47.3 Å². The van der Waals surface area contributed by atoms with E-state index in [0.717, 1.165) is 18.5 Å². The highest BCUT2D eigenvalue weighted by molar-refractivity contribution is 5.05. The van der Waals surface area contributed by atoms with Crippen molar-refractivity contribution < 1.29 is 9.84 Å². The predicted octanol–water partition coefficient (Wildman–Crippen LogP) is 2.57. The van der Waals surface area contributed by atoms with Crippen LogP contribution < -0.4 is 0 Å². The zero-order valence-corrected chi connectivity index (χ0v) is 12.2. The summed E-state index contributed by atoms with van der Waals surface area (Å²) < 4.78 is 7.20. The summed E-state index contributed by atoms with van der Waals surface area (Å²) in [5.41, 5.74) is 0.0257. The van der Waals surface area contributed by atoms with Gasteiger partial charge in [-0.3, -0.25) is 4.68 Å². The Labute approximate surface area is 110 Å². The molecule has 0 aliphatic carbocycles. The summed E-state index contributed by atoms with van der Waals surface area (Å²) in [6.45, 7) is 7.99. The minimum Gasteiger partial charge on any atom is -0.387 e. The van der Waals surface area contributed by atoms with Crippen molar-refractivity contribution in [2.24, 2.45) is 0 Å². The molecule has 0 spiro atoms. The number of methoxy groups -OCH3 is 1. The fourth-order valence-electron chi connectivity index (χ4n) is 2.10. The second-order valence-corrected chi connectivity index (χ2v) is 5.17. The number of aliphatic hydroxyl groups is 1. The van der Waals surface area contributed by atoms with E-state index < -0.39 is 5.60 Å². The first-order chi connectivity index (χ1) is 8.44. The lowest BCUT2D eigenvalue weighted by atomic mass is 9.94. The molecule has 4 heteroatoms. The van der Waals surface area contributed by atoms with Crippen LogP contribution in [0.3, 0.4) is 0 Å². The van der Waals surface area contributed by atoms with Gasteiger partial charge in [0.05, 0.1) is 23.4 Å². The second kappa shape index (κ2) is 6.34. The lowest BCUT2D eigenvalue weighted by molar-refractivity contribution is -0.0721. The van der Waals surface area contributed by atoms with Crippen molar-refractivity contribution >= 4 is 0 Å². The highest BCUT2D eigenvalue weighted by Gasteiger charge is 2.29. The van der Waals surface area contributed by atoms with Gasteiger partial charge in [-0.25, -0.2) is 0 Å². The third kappa shape index (κ3) is 3.56. The van der Waals surface area contributed by atoms with Crippen molar-refractivity contribution in [3.05, 3.63) is 18.0 Å². The maximum Gasteiger partial charge on any atom is 0.0933 e. The Hall–Kier alpha value is -0.870. The minimum absolute atomic E-state index is 0.212. The van der Waals surface area contributed by atoms with Crippen molar-refractivity contribution in [1.29, 1.82) is 0 Å². The lowest BCUT2D eigenvalue weighted by Crippen LogP contribution is -2.40. The van der Waals surface area contributed by atoms with Crippen LogP contribution >= 0.6 is 0 Å². The van der Waals surface area contributed by atoms with Gasteiger partial charge in [0.2, 0.25) is 0 Å². The fraction of sp³-hybridized carbons (Fsp3) is 0.786. The van der Waals surface area contributed by atoms with E-state index >= 15 is 0 Å². The van der Waals surface area contributed by atoms with Crippen molar-refractivity contribution in [3.63, 3.8) is 0 Å². The molecule has 0 bridgehead atoms. The van der Waals surface area contributed by atoms with Gasteiger partial charge in [-0.2, -0.15) is 5.10 Å². The van der Waals surface area contributed by atoms with Crippen molar-refractivity contribution in [2.75, 3.05) is 7.11 Å². The van der Waals surface area contributed by atoms with Gasteiger partial charge < -0.3 is 9.84 Å². The maximum atomic E-state index is 10.3. The van der Waals surface area contributed by atoms with E-state index in [4.69, 9.17) is 4.74 Å². The largest absolute Gasteiger partial charge is 0.387 e. The Morgan fingerprint density at radius 2 is 2.06 bits per heavy atom. The third-order valence-corrected chi connectivity index (χ3v) is 3.75. The molecule has 0 saturated carbocycles. The summed E-state index contributed by atoms with van der Waals surface area (Å²) in [5.74, 6) is 0. The standard InChI is InChI=1S/C14H26N2O2/c1-6-13(7-2)16-9-8-12(15-16)10-14(4,17)11(3)18-5/h8-9,11,13,17H,6-7,10H2,1-5H3. The van der Waals surface area contributed by atoms with Gasteiger partial charge in [-0.1, -0.05) is 13.8 Å². The number of aromatic nitrogens is 2. The maximum absolute atomic E-state index is 10.3. The molecule has 0 radical (unpaired) electrons. The Morgan fingerprint density at radius 1 is 1.44 bits per heavy atom. The van der Waals surface area contributed by atoms with Crippen LogP contribution in [0.25, 0.3) is 0 Å². The molecular formula is C14H26N2O2. The monoisotopic (exact) mass is 254 g/mol. The Bertz CT molecular complexity index is 356. The average Bonchev–Trinajstić information content (AvgIpc) is 2.77. The molecule has 4 nitrogen and oxygen atoms in total. The molecule has 0 aromatic carbocycles. The first kappa shape index (κ1) is 15.2. The molecule has 0 amide bonds. The van der Waals surface area contributed by atoms with Gasteiger partial charge >= 0.3 is 0 Å². The van der Waals surface area contributed by atoms with Crippen molar-refractivity contribution in [3.8, 4) is 0 Å². The molecule has 0 fully saturated rings. The van der Waals surface area contributed by atoms with Crippen LogP contribution in [0.2, 0.25) is 0 Å². The zero-order valence-electron chi connectivity index (χ0n) is 12.2. The van der Waals surface area contributed by atoms with E-state index in [0.29, 0.717) is 12.5 Å². The van der Waals surface area contributed by atoms with Crippen molar-refractivity contribution in [2.45, 2.75) is 64.7 Å².